The Hall–Kier alpha value is 0.210. The molecule has 1 aromatic rings. The molecule has 0 atom stereocenters. The van der Waals surface area contributed by atoms with Crippen LogP contribution in [0.15, 0.2) is 18.2 Å². The van der Waals surface area contributed by atoms with Gasteiger partial charge in [-0.1, -0.05) is 6.07 Å². The Morgan fingerprint density at radius 3 is 2.65 bits per heavy atom. The summed E-state index contributed by atoms with van der Waals surface area (Å²) in [7, 11) is 6.83. The van der Waals surface area contributed by atoms with Gasteiger partial charge in [0.2, 0.25) is 0 Å². The number of nitrogens with zero attached hydrogens (tertiary/aromatic N) is 1. The van der Waals surface area contributed by atoms with Gasteiger partial charge in [-0.15, -0.1) is 0 Å². The van der Waals surface area contributed by atoms with Gasteiger partial charge >= 0.3 is 0 Å². The Morgan fingerprint density at radius 2 is 2.18 bits per heavy atom. The smallest absolute Gasteiger partial charge is 0.101 e. The number of nitrogen functional groups attached to an aromatic ring is 1. The summed E-state index contributed by atoms with van der Waals surface area (Å²) in [5.74, 6) is 0. The van der Waals surface area contributed by atoms with Crippen LogP contribution in [0, 0.1) is 18.3 Å². The van der Waals surface area contributed by atoms with Gasteiger partial charge in [0.15, 0.2) is 0 Å². The Labute approximate surface area is 122 Å². The first-order valence-electron chi connectivity index (χ1n) is 4.07. The standard InChI is InChI=1S/C8H8N2.P2S5/c1-6-2-3-7(5-9)8(10)4-6;3-1-2-5-7-6-4/h2-4H,10H2,1H3;. The molecule has 90 valence electrons. The lowest BCUT2D eigenvalue weighted by molar-refractivity contribution is 1.43. The van der Waals surface area contributed by atoms with Crippen molar-refractivity contribution in [2.75, 3.05) is 5.73 Å². The fourth-order valence-corrected chi connectivity index (χ4v) is 10.4. The van der Waals surface area contributed by atoms with E-state index in [1.54, 1.807) is 30.5 Å². The van der Waals surface area contributed by atoms with Crippen LogP contribution in [0.4, 0.5) is 5.69 Å². The molecule has 0 amide bonds. The van der Waals surface area contributed by atoms with Crippen LogP contribution in [0.25, 0.3) is 0 Å². The van der Waals surface area contributed by atoms with E-state index >= 15 is 0 Å². The van der Waals surface area contributed by atoms with E-state index in [-0.39, 0.29) is 0 Å². The Kier molecular flexibility index (Phi) is 11.4. The number of nitriles is 1. The topological polar surface area (TPSA) is 49.8 Å². The summed E-state index contributed by atoms with van der Waals surface area (Å²) in [6, 6.07) is 7.38. The maximum absolute atomic E-state index is 8.48. The predicted molar refractivity (Wildman–Crippen MR) is 91.0 cm³/mol. The quantitative estimate of drug-likeness (QED) is 0.622. The molecule has 0 saturated heterocycles. The van der Waals surface area contributed by atoms with Gasteiger partial charge in [0.05, 0.1) is 5.56 Å². The number of nitrogens with two attached hydrogens (primary N) is 1. The second-order valence-electron chi connectivity index (χ2n) is 2.58. The molecule has 0 aromatic heterocycles. The fourth-order valence-electron chi connectivity index (χ4n) is 0.824. The van der Waals surface area contributed by atoms with Crippen LogP contribution in [0.5, 0.6) is 0 Å². The van der Waals surface area contributed by atoms with Crippen molar-refractivity contribution in [1.82, 2.24) is 0 Å². The van der Waals surface area contributed by atoms with E-state index in [1.165, 1.54) is 15.9 Å². The fraction of sp³-hybridized carbons (Fsp3) is 0.125. The number of anilines is 1. The van der Waals surface area contributed by atoms with E-state index < -0.39 is 0 Å². The van der Waals surface area contributed by atoms with E-state index in [9.17, 15) is 0 Å². The van der Waals surface area contributed by atoms with Crippen molar-refractivity contribution < 1.29 is 0 Å². The molecule has 0 bridgehead atoms. The van der Waals surface area contributed by atoms with Crippen LogP contribution >= 0.6 is 14.1 Å². The average molecular weight is 354 g/mol. The molecular weight excluding hydrogens is 346 g/mol. The molecule has 0 fully saturated rings. The van der Waals surface area contributed by atoms with E-state index in [0.717, 1.165) is 12.6 Å². The molecular formula is C8H8N2P2S5. The Balaban J connectivity index is 0.000000325. The van der Waals surface area contributed by atoms with Crippen molar-refractivity contribution in [2.45, 2.75) is 6.92 Å². The molecule has 1 rings (SSSR count). The molecule has 0 heterocycles. The van der Waals surface area contributed by atoms with Crippen molar-refractivity contribution in [2.24, 2.45) is 0 Å². The first-order valence-corrected chi connectivity index (χ1v) is 12.6. The number of rotatable bonds is 1. The first kappa shape index (κ1) is 17.2. The summed E-state index contributed by atoms with van der Waals surface area (Å²) < 4.78 is 0. The minimum absolute atomic E-state index is 0.547. The third-order valence-corrected chi connectivity index (χ3v) is 11.4. The number of benzene rings is 1. The molecule has 0 aliphatic rings. The van der Waals surface area contributed by atoms with Crippen molar-refractivity contribution in [3.8, 4) is 6.07 Å². The summed E-state index contributed by atoms with van der Waals surface area (Å²) in [4.78, 5) is 0. The maximum Gasteiger partial charge on any atom is 0.101 e. The zero-order valence-corrected chi connectivity index (χ0v) is 14.6. The molecule has 2 N–H and O–H groups in total. The molecule has 0 aliphatic carbocycles. The van der Waals surface area contributed by atoms with E-state index in [4.69, 9.17) is 11.0 Å². The van der Waals surface area contributed by atoms with Crippen molar-refractivity contribution in [3.63, 3.8) is 0 Å². The predicted octanol–water partition coefficient (Wildman–Crippen LogP) is 3.16. The molecule has 0 radical (unpaired) electrons. The normalized spacial score (nSPS) is 8.71. The highest BCUT2D eigenvalue weighted by atomic mass is 33.3. The summed E-state index contributed by atoms with van der Waals surface area (Å²) in [6.07, 6.45) is 0. The number of hydrogen-bond donors (Lipinski definition) is 1. The van der Waals surface area contributed by atoms with Gasteiger partial charge in [-0.25, -0.2) is 0 Å². The lowest BCUT2D eigenvalue weighted by Crippen LogP contribution is -1.89. The van der Waals surface area contributed by atoms with E-state index in [2.05, 4.69) is 23.0 Å². The highest BCUT2D eigenvalue weighted by Crippen LogP contribution is 2.12. The van der Waals surface area contributed by atoms with Crippen LogP contribution in [0.3, 0.4) is 0 Å². The minimum Gasteiger partial charge on any atom is -0.398 e. The van der Waals surface area contributed by atoms with Gasteiger partial charge in [-0.3, -0.25) is 0 Å². The Morgan fingerprint density at radius 1 is 1.47 bits per heavy atom. The van der Waals surface area contributed by atoms with Crippen LogP contribution in [-0.2, 0) is 50.3 Å². The molecule has 0 unspecified atom stereocenters. The summed E-state index contributed by atoms with van der Waals surface area (Å²) in [6.45, 7) is 1.94. The molecule has 0 aliphatic heterocycles. The number of aryl methyl sites for hydroxylation is 1. The molecule has 2 nitrogen and oxygen atoms in total. The van der Waals surface area contributed by atoms with E-state index in [1.807, 2.05) is 19.1 Å². The minimum atomic E-state index is 0.547. The van der Waals surface area contributed by atoms with Crippen LogP contribution in [0.1, 0.15) is 11.1 Å². The maximum atomic E-state index is 8.48. The van der Waals surface area contributed by atoms with Gasteiger partial charge in [-0.05, 0) is 74.9 Å². The second kappa shape index (κ2) is 11.3. The van der Waals surface area contributed by atoms with Gasteiger partial charge < -0.3 is 5.73 Å². The summed E-state index contributed by atoms with van der Waals surface area (Å²) in [5.41, 5.74) is 7.69. The second-order valence-corrected chi connectivity index (χ2v) is 12.3. The van der Waals surface area contributed by atoms with Crippen LogP contribution < -0.4 is 5.73 Å². The third kappa shape index (κ3) is 8.87. The molecule has 9 heteroatoms. The lowest BCUT2D eigenvalue weighted by atomic mass is 10.1. The zero-order chi connectivity index (χ0) is 13.1. The van der Waals surface area contributed by atoms with Crippen LogP contribution in [0.2, 0.25) is 0 Å². The highest BCUT2D eigenvalue weighted by Gasteiger charge is 1.94. The van der Waals surface area contributed by atoms with Crippen LogP contribution in [-0.4, -0.2) is 0 Å². The average Bonchev–Trinajstić information content (AvgIpc) is 2.31. The van der Waals surface area contributed by atoms with Gasteiger partial charge in [-0.2, -0.15) is 5.26 Å². The number of hydrogen-bond acceptors (Lipinski definition) is 4. The molecule has 1 aromatic carbocycles. The first-order chi connectivity index (χ1) is 8.15. The summed E-state index contributed by atoms with van der Waals surface area (Å²) in [5, 5.41) is 8.48. The SMILES string of the molecule is Cc1ccc(C#N)c(N)c1.S=PP=S=S=S=S. The lowest BCUT2D eigenvalue weighted by Gasteiger charge is -1.96. The van der Waals surface area contributed by atoms with Crippen molar-refractivity contribution >= 4 is 70.0 Å². The monoisotopic (exact) mass is 354 g/mol. The Bertz CT molecular complexity index is 564. The molecule has 17 heavy (non-hydrogen) atoms. The molecule has 0 spiro atoms. The van der Waals surface area contributed by atoms with E-state index in [0.29, 0.717) is 11.3 Å². The largest absolute Gasteiger partial charge is 0.398 e. The van der Waals surface area contributed by atoms with Gasteiger partial charge in [0.1, 0.15) is 6.07 Å². The highest BCUT2D eigenvalue weighted by molar-refractivity contribution is 8.63. The zero-order valence-electron chi connectivity index (χ0n) is 8.69. The van der Waals surface area contributed by atoms with Crippen molar-refractivity contribution in [3.05, 3.63) is 29.3 Å². The summed E-state index contributed by atoms with van der Waals surface area (Å²) >= 11 is 9.23. The van der Waals surface area contributed by atoms with Gasteiger partial charge in [0, 0.05) is 19.8 Å². The molecule has 0 saturated carbocycles. The third-order valence-electron chi connectivity index (χ3n) is 1.45. The van der Waals surface area contributed by atoms with Crippen molar-refractivity contribution in [1.29, 1.82) is 5.26 Å². The van der Waals surface area contributed by atoms with Gasteiger partial charge in [0.25, 0.3) is 0 Å².